The molecule has 3 aliphatic rings. The fourth-order valence-electron chi connectivity index (χ4n) is 6.58. The van der Waals surface area contributed by atoms with Crippen molar-refractivity contribution in [2.45, 2.75) is 43.8 Å². The van der Waals surface area contributed by atoms with Crippen LogP contribution in [0.2, 0.25) is 0 Å². The van der Waals surface area contributed by atoms with E-state index >= 15 is 4.39 Å². The van der Waals surface area contributed by atoms with E-state index in [0.29, 0.717) is 29.7 Å². The summed E-state index contributed by atoms with van der Waals surface area (Å²) in [5.74, 6) is 0.0562. The van der Waals surface area contributed by atoms with Crippen LogP contribution in [0, 0.1) is 5.82 Å². The van der Waals surface area contributed by atoms with E-state index in [1.807, 2.05) is 24.3 Å². The summed E-state index contributed by atoms with van der Waals surface area (Å²) in [5.41, 5.74) is 0.376. The van der Waals surface area contributed by atoms with Gasteiger partial charge in [0.1, 0.15) is 35.6 Å². The fraction of sp³-hybridized carbons (Fsp3) is 0.414. The van der Waals surface area contributed by atoms with E-state index in [2.05, 4.69) is 19.8 Å². The SMILES string of the molecule is Oc1cc(-c2ncc3c(N4CCCC4)nc(OC[C@@]45CCCN4C[C@H](F)C5)nc3c2F)c2ccccc2c1. The molecule has 2 aromatic carbocycles. The van der Waals surface area contributed by atoms with Crippen LogP contribution in [0.4, 0.5) is 14.6 Å². The van der Waals surface area contributed by atoms with Gasteiger partial charge >= 0.3 is 6.01 Å². The van der Waals surface area contributed by atoms with Gasteiger partial charge in [0.05, 0.1) is 10.9 Å². The number of hydrogen-bond donors (Lipinski definition) is 1. The first kappa shape index (κ1) is 23.5. The molecule has 7 rings (SSSR count). The zero-order valence-corrected chi connectivity index (χ0v) is 21.0. The second-order valence-corrected chi connectivity index (χ2v) is 10.8. The number of nitrogens with zero attached hydrogens (tertiary/aromatic N) is 5. The van der Waals surface area contributed by atoms with E-state index in [1.54, 1.807) is 12.3 Å². The summed E-state index contributed by atoms with van der Waals surface area (Å²) in [6, 6.07) is 10.8. The molecule has 9 heteroatoms. The largest absolute Gasteiger partial charge is 0.508 e. The van der Waals surface area contributed by atoms with Crippen molar-refractivity contribution < 1.29 is 18.6 Å². The Morgan fingerprint density at radius 2 is 1.89 bits per heavy atom. The number of phenolic OH excluding ortho intramolecular Hbond substituents is 1. The summed E-state index contributed by atoms with van der Waals surface area (Å²) in [7, 11) is 0. The monoisotopic (exact) mass is 517 g/mol. The van der Waals surface area contributed by atoms with Crippen molar-refractivity contribution in [2.75, 3.05) is 37.7 Å². The van der Waals surface area contributed by atoms with E-state index in [1.165, 1.54) is 6.07 Å². The standard InChI is InChI=1S/C29H29F2N5O2/c30-19-14-29(8-5-11-36(29)16-19)17-38-28-33-26-23(27(34-28)35-9-3-4-10-35)15-32-25(24(26)31)22-13-20(37)12-18-6-1-2-7-21(18)22/h1-2,6-7,12-13,15,19,37H,3-5,8-11,14,16-17H2/t19-,29+/m1/s1. The topological polar surface area (TPSA) is 74.6 Å². The molecule has 0 aliphatic carbocycles. The van der Waals surface area contributed by atoms with Crippen molar-refractivity contribution in [1.29, 1.82) is 0 Å². The molecule has 196 valence electrons. The first-order valence-corrected chi connectivity index (χ1v) is 13.4. The molecular weight excluding hydrogens is 488 g/mol. The van der Waals surface area contributed by atoms with Gasteiger partial charge in [0.2, 0.25) is 0 Å². The Morgan fingerprint density at radius 1 is 1.05 bits per heavy atom. The Hall–Kier alpha value is -3.59. The third-order valence-corrected chi connectivity index (χ3v) is 8.38. The molecule has 0 spiro atoms. The highest BCUT2D eigenvalue weighted by molar-refractivity contribution is 5.99. The van der Waals surface area contributed by atoms with E-state index in [-0.39, 0.29) is 35.1 Å². The molecule has 7 nitrogen and oxygen atoms in total. The van der Waals surface area contributed by atoms with E-state index < -0.39 is 12.0 Å². The van der Waals surface area contributed by atoms with E-state index in [4.69, 9.17) is 9.72 Å². The van der Waals surface area contributed by atoms with Crippen LogP contribution in [-0.4, -0.2) is 69.5 Å². The molecule has 3 aliphatic heterocycles. The first-order chi connectivity index (χ1) is 18.5. The highest BCUT2D eigenvalue weighted by Gasteiger charge is 2.49. The number of anilines is 1. The van der Waals surface area contributed by atoms with Crippen LogP contribution in [0.3, 0.4) is 0 Å². The third kappa shape index (κ3) is 3.83. The number of alkyl halides is 1. The van der Waals surface area contributed by atoms with Crippen LogP contribution >= 0.6 is 0 Å². The quantitative estimate of drug-likeness (QED) is 0.388. The van der Waals surface area contributed by atoms with Crippen LogP contribution in [-0.2, 0) is 0 Å². The molecule has 3 saturated heterocycles. The molecule has 2 atom stereocenters. The number of aromatic nitrogens is 3. The van der Waals surface area contributed by atoms with Crippen LogP contribution in [0.5, 0.6) is 11.8 Å². The van der Waals surface area contributed by atoms with Crippen molar-refractivity contribution in [3.63, 3.8) is 0 Å². The summed E-state index contributed by atoms with van der Waals surface area (Å²) >= 11 is 0. The van der Waals surface area contributed by atoms with E-state index in [9.17, 15) is 9.50 Å². The summed E-state index contributed by atoms with van der Waals surface area (Å²) in [5, 5.41) is 12.4. The number of aromatic hydroxyl groups is 1. The molecule has 0 amide bonds. The van der Waals surface area contributed by atoms with Gasteiger partial charge in [-0.15, -0.1) is 0 Å². The van der Waals surface area contributed by atoms with Gasteiger partial charge in [-0.2, -0.15) is 9.97 Å². The van der Waals surface area contributed by atoms with E-state index in [0.717, 1.165) is 56.1 Å². The lowest BCUT2D eigenvalue weighted by Crippen LogP contribution is -2.43. The Morgan fingerprint density at radius 3 is 2.76 bits per heavy atom. The molecule has 4 aromatic rings. The van der Waals surface area contributed by atoms with Crippen LogP contribution in [0.25, 0.3) is 32.9 Å². The molecule has 38 heavy (non-hydrogen) atoms. The minimum atomic E-state index is -0.861. The molecule has 0 unspecified atom stereocenters. The Kier molecular flexibility index (Phi) is 5.58. The predicted octanol–water partition coefficient (Wildman–Crippen LogP) is 5.25. The molecule has 1 N–H and O–H groups in total. The van der Waals surface area contributed by atoms with Crippen molar-refractivity contribution >= 4 is 27.5 Å². The number of hydrogen-bond acceptors (Lipinski definition) is 7. The van der Waals surface area contributed by atoms with Gasteiger partial charge in [-0.25, -0.2) is 8.78 Å². The highest BCUT2D eigenvalue weighted by atomic mass is 19.1. The van der Waals surface area contributed by atoms with Gasteiger partial charge in [-0.1, -0.05) is 24.3 Å². The number of fused-ring (bicyclic) bond motifs is 3. The van der Waals surface area contributed by atoms with Crippen molar-refractivity contribution in [3.05, 3.63) is 48.4 Å². The molecular formula is C29H29F2N5O2. The maximum Gasteiger partial charge on any atom is 0.319 e. The molecule has 0 radical (unpaired) electrons. The van der Waals surface area contributed by atoms with Gasteiger partial charge in [-0.3, -0.25) is 9.88 Å². The Balaban J connectivity index is 1.34. The van der Waals surface area contributed by atoms with Gasteiger partial charge < -0.3 is 14.7 Å². The number of benzene rings is 2. The maximum atomic E-state index is 16.3. The summed E-state index contributed by atoms with van der Waals surface area (Å²) < 4.78 is 36.7. The zero-order chi connectivity index (χ0) is 25.9. The average molecular weight is 518 g/mol. The highest BCUT2D eigenvalue weighted by Crippen LogP contribution is 2.41. The number of ether oxygens (including phenoxy) is 1. The smallest absolute Gasteiger partial charge is 0.319 e. The zero-order valence-electron chi connectivity index (χ0n) is 21.0. The predicted molar refractivity (Wildman–Crippen MR) is 142 cm³/mol. The van der Waals surface area contributed by atoms with Crippen LogP contribution in [0.15, 0.2) is 42.6 Å². The summed E-state index contributed by atoms with van der Waals surface area (Å²) in [4.78, 5) is 18.1. The van der Waals surface area contributed by atoms with Gasteiger partial charge in [0.15, 0.2) is 5.82 Å². The lowest BCUT2D eigenvalue weighted by atomic mass is 9.95. The van der Waals surface area contributed by atoms with Gasteiger partial charge in [-0.05, 0) is 55.1 Å². The second kappa shape index (κ2) is 9.01. The minimum absolute atomic E-state index is 0.0348. The summed E-state index contributed by atoms with van der Waals surface area (Å²) in [6.07, 6.45) is 5.13. The molecule has 0 bridgehead atoms. The van der Waals surface area contributed by atoms with Crippen molar-refractivity contribution in [1.82, 2.24) is 19.9 Å². The van der Waals surface area contributed by atoms with Crippen LogP contribution in [0.1, 0.15) is 32.1 Å². The second-order valence-electron chi connectivity index (χ2n) is 10.8. The lowest BCUT2D eigenvalue weighted by molar-refractivity contribution is 0.107. The molecule has 5 heterocycles. The normalized spacial score (nSPS) is 23.5. The molecule has 3 fully saturated rings. The minimum Gasteiger partial charge on any atom is -0.508 e. The number of rotatable bonds is 5. The third-order valence-electron chi connectivity index (χ3n) is 8.38. The number of pyridine rings is 1. The van der Waals surface area contributed by atoms with Crippen LogP contribution < -0.4 is 9.64 Å². The molecule has 0 saturated carbocycles. The lowest BCUT2D eigenvalue weighted by Gasteiger charge is -2.31. The van der Waals surface area contributed by atoms with Crippen molar-refractivity contribution in [3.8, 4) is 23.0 Å². The van der Waals surface area contributed by atoms with Crippen molar-refractivity contribution in [2.24, 2.45) is 0 Å². The molecule has 2 aromatic heterocycles. The number of halogens is 2. The summed E-state index contributed by atoms with van der Waals surface area (Å²) in [6.45, 7) is 3.20. The van der Waals surface area contributed by atoms with Gasteiger partial charge in [0, 0.05) is 37.8 Å². The van der Waals surface area contributed by atoms with Gasteiger partial charge in [0.25, 0.3) is 0 Å². The maximum absolute atomic E-state index is 16.3. The first-order valence-electron chi connectivity index (χ1n) is 13.4. The fourth-order valence-corrected chi connectivity index (χ4v) is 6.58. The average Bonchev–Trinajstić information content (AvgIpc) is 3.64. The Labute approximate surface area is 219 Å². The number of phenols is 1. The Bertz CT molecular complexity index is 1540.